The SMILES string of the molecule is CCC(O)[CH]C(C)C. The Labute approximate surface area is 51.7 Å². The van der Waals surface area contributed by atoms with Crippen LogP contribution in [0.4, 0.5) is 0 Å². The highest BCUT2D eigenvalue weighted by molar-refractivity contribution is 4.76. The molecule has 0 aliphatic rings. The molecule has 0 aromatic carbocycles. The lowest BCUT2D eigenvalue weighted by atomic mass is 10.0. The van der Waals surface area contributed by atoms with Gasteiger partial charge in [0, 0.05) is 0 Å². The van der Waals surface area contributed by atoms with E-state index in [0.717, 1.165) is 6.42 Å². The molecule has 0 amide bonds. The molecule has 0 saturated heterocycles. The first kappa shape index (κ1) is 7.96. The van der Waals surface area contributed by atoms with E-state index in [1.165, 1.54) is 0 Å². The van der Waals surface area contributed by atoms with Crippen molar-refractivity contribution in [3.8, 4) is 0 Å². The van der Waals surface area contributed by atoms with Gasteiger partial charge in [-0.15, -0.1) is 0 Å². The predicted molar refractivity (Wildman–Crippen MR) is 35.4 cm³/mol. The van der Waals surface area contributed by atoms with Crippen molar-refractivity contribution in [2.75, 3.05) is 0 Å². The van der Waals surface area contributed by atoms with Crippen LogP contribution in [0.25, 0.3) is 0 Å². The van der Waals surface area contributed by atoms with Gasteiger partial charge in [-0.1, -0.05) is 20.8 Å². The zero-order valence-corrected chi connectivity index (χ0v) is 5.89. The fourth-order valence-corrected chi connectivity index (χ4v) is 0.580. The minimum Gasteiger partial charge on any atom is -0.393 e. The average Bonchev–Trinajstić information content (AvgIpc) is 1.65. The Kier molecular flexibility index (Phi) is 3.88. The quantitative estimate of drug-likeness (QED) is 0.592. The van der Waals surface area contributed by atoms with Crippen LogP contribution in [-0.2, 0) is 0 Å². The third kappa shape index (κ3) is 4.13. The summed E-state index contributed by atoms with van der Waals surface area (Å²) in [5.41, 5.74) is 0. The van der Waals surface area contributed by atoms with Crippen molar-refractivity contribution in [2.45, 2.75) is 33.3 Å². The third-order valence-corrected chi connectivity index (χ3v) is 1.03. The lowest BCUT2D eigenvalue weighted by Gasteiger charge is -2.08. The van der Waals surface area contributed by atoms with E-state index in [0.29, 0.717) is 5.92 Å². The van der Waals surface area contributed by atoms with Gasteiger partial charge in [-0.25, -0.2) is 0 Å². The molecule has 0 heterocycles. The van der Waals surface area contributed by atoms with E-state index >= 15 is 0 Å². The highest BCUT2D eigenvalue weighted by Crippen LogP contribution is 2.04. The second-order valence-corrected chi connectivity index (χ2v) is 2.41. The summed E-state index contributed by atoms with van der Waals surface area (Å²) >= 11 is 0. The van der Waals surface area contributed by atoms with E-state index < -0.39 is 0 Å². The molecule has 1 atom stereocenters. The van der Waals surface area contributed by atoms with E-state index in [1.807, 2.05) is 13.3 Å². The predicted octanol–water partition coefficient (Wildman–Crippen LogP) is 1.62. The number of rotatable bonds is 3. The molecule has 0 bridgehead atoms. The van der Waals surface area contributed by atoms with Crippen LogP contribution < -0.4 is 0 Å². The third-order valence-electron chi connectivity index (χ3n) is 1.03. The standard InChI is InChI=1S/C7H15O/c1-4-7(8)5-6(2)3/h5-8H,4H2,1-3H3. The van der Waals surface area contributed by atoms with E-state index in [9.17, 15) is 0 Å². The molecule has 1 heteroatoms. The van der Waals surface area contributed by atoms with Crippen LogP contribution in [0.15, 0.2) is 0 Å². The van der Waals surface area contributed by atoms with Gasteiger partial charge in [0.25, 0.3) is 0 Å². The Morgan fingerprint density at radius 1 is 1.50 bits per heavy atom. The minimum absolute atomic E-state index is 0.199. The molecule has 0 fully saturated rings. The van der Waals surface area contributed by atoms with Gasteiger partial charge in [-0.05, 0) is 18.8 Å². The Morgan fingerprint density at radius 2 is 2.00 bits per heavy atom. The van der Waals surface area contributed by atoms with Crippen molar-refractivity contribution in [2.24, 2.45) is 5.92 Å². The van der Waals surface area contributed by atoms with Crippen LogP contribution in [0, 0.1) is 12.3 Å². The summed E-state index contributed by atoms with van der Waals surface area (Å²) in [6.45, 7) is 6.11. The monoisotopic (exact) mass is 115 g/mol. The van der Waals surface area contributed by atoms with Crippen LogP contribution in [-0.4, -0.2) is 11.2 Å². The molecule has 0 spiro atoms. The molecule has 1 nitrogen and oxygen atoms in total. The van der Waals surface area contributed by atoms with Crippen LogP contribution >= 0.6 is 0 Å². The second-order valence-electron chi connectivity index (χ2n) is 2.41. The molecule has 1 radical (unpaired) electrons. The highest BCUT2D eigenvalue weighted by atomic mass is 16.3. The van der Waals surface area contributed by atoms with Gasteiger partial charge in [0.05, 0.1) is 6.10 Å². The number of aliphatic hydroxyl groups is 1. The molecule has 1 unspecified atom stereocenters. The molecule has 0 aromatic rings. The number of hydrogen-bond donors (Lipinski definition) is 1. The van der Waals surface area contributed by atoms with Gasteiger partial charge in [-0.2, -0.15) is 0 Å². The topological polar surface area (TPSA) is 20.2 Å². The second kappa shape index (κ2) is 3.90. The van der Waals surface area contributed by atoms with Gasteiger partial charge in [0.2, 0.25) is 0 Å². The van der Waals surface area contributed by atoms with Gasteiger partial charge < -0.3 is 5.11 Å². The summed E-state index contributed by atoms with van der Waals surface area (Å²) in [6.07, 6.45) is 2.58. The summed E-state index contributed by atoms with van der Waals surface area (Å²) in [6, 6.07) is 0. The van der Waals surface area contributed by atoms with E-state index in [-0.39, 0.29) is 6.10 Å². The smallest absolute Gasteiger partial charge is 0.0571 e. The maximum absolute atomic E-state index is 8.97. The first-order valence-corrected chi connectivity index (χ1v) is 3.19. The van der Waals surface area contributed by atoms with E-state index in [2.05, 4.69) is 13.8 Å². The van der Waals surface area contributed by atoms with Crippen LogP contribution in [0.3, 0.4) is 0 Å². The molecule has 8 heavy (non-hydrogen) atoms. The molecule has 0 aliphatic carbocycles. The van der Waals surface area contributed by atoms with Gasteiger partial charge in [0.15, 0.2) is 0 Å². The van der Waals surface area contributed by atoms with Crippen molar-refractivity contribution >= 4 is 0 Å². The van der Waals surface area contributed by atoms with Gasteiger partial charge >= 0.3 is 0 Å². The van der Waals surface area contributed by atoms with Crippen molar-refractivity contribution in [3.05, 3.63) is 6.42 Å². The summed E-state index contributed by atoms with van der Waals surface area (Å²) in [7, 11) is 0. The van der Waals surface area contributed by atoms with E-state index in [1.54, 1.807) is 0 Å². The lowest BCUT2D eigenvalue weighted by Crippen LogP contribution is -2.08. The molecular weight excluding hydrogens is 100 g/mol. The lowest BCUT2D eigenvalue weighted by molar-refractivity contribution is 0.191. The molecule has 0 saturated carbocycles. The summed E-state index contributed by atoms with van der Waals surface area (Å²) in [4.78, 5) is 0. The van der Waals surface area contributed by atoms with Crippen molar-refractivity contribution in [1.82, 2.24) is 0 Å². The van der Waals surface area contributed by atoms with Crippen molar-refractivity contribution in [3.63, 3.8) is 0 Å². The first-order chi connectivity index (χ1) is 3.66. The normalized spacial score (nSPS) is 14.6. The molecule has 49 valence electrons. The fourth-order valence-electron chi connectivity index (χ4n) is 0.580. The van der Waals surface area contributed by atoms with Gasteiger partial charge in [-0.3, -0.25) is 0 Å². The largest absolute Gasteiger partial charge is 0.393 e. The maximum atomic E-state index is 8.97. The maximum Gasteiger partial charge on any atom is 0.0571 e. The fraction of sp³-hybridized carbons (Fsp3) is 0.857. The van der Waals surface area contributed by atoms with Crippen LogP contribution in [0.2, 0.25) is 0 Å². The Bertz CT molecular complexity index is 50.3. The number of aliphatic hydroxyl groups excluding tert-OH is 1. The summed E-state index contributed by atoms with van der Waals surface area (Å²) in [5, 5.41) is 8.97. The van der Waals surface area contributed by atoms with Crippen molar-refractivity contribution < 1.29 is 5.11 Å². The summed E-state index contributed by atoms with van der Waals surface area (Å²) in [5.74, 6) is 0.505. The first-order valence-electron chi connectivity index (χ1n) is 3.19. The molecular formula is C7H15O. The average molecular weight is 115 g/mol. The molecule has 0 rings (SSSR count). The van der Waals surface area contributed by atoms with Gasteiger partial charge in [0.1, 0.15) is 0 Å². The molecule has 0 aromatic heterocycles. The Balaban J connectivity index is 3.10. The van der Waals surface area contributed by atoms with E-state index in [4.69, 9.17) is 5.11 Å². The molecule has 0 aliphatic heterocycles. The highest BCUT2D eigenvalue weighted by Gasteiger charge is 2.02. The summed E-state index contributed by atoms with van der Waals surface area (Å²) < 4.78 is 0. The zero-order valence-electron chi connectivity index (χ0n) is 5.89. The van der Waals surface area contributed by atoms with Crippen LogP contribution in [0.1, 0.15) is 27.2 Å². The van der Waals surface area contributed by atoms with Crippen LogP contribution in [0.5, 0.6) is 0 Å². The molecule has 1 N–H and O–H groups in total. The number of hydrogen-bond acceptors (Lipinski definition) is 1. The Hall–Kier alpha value is -0.0400. The zero-order chi connectivity index (χ0) is 6.57. The Morgan fingerprint density at radius 3 is 2.12 bits per heavy atom. The van der Waals surface area contributed by atoms with Crippen molar-refractivity contribution in [1.29, 1.82) is 0 Å². The minimum atomic E-state index is -0.199.